The lowest BCUT2D eigenvalue weighted by Gasteiger charge is -2.04. The summed E-state index contributed by atoms with van der Waals surface area (Å²) in [6.07, 6.45) is 1.37. The van der Waals surface area contributed by atoms with Gasteiger partial charge in [-0.25, -0.2) is 9.97 Å². The first kappa shape index (κ1) is 20.6. The van der Waals surface area contributed by atoms with E-state index in [1.54, 1.807) is 28.7 Å². The number of rotatable bonds is 6. The van der Waals surface area contributed by atoms with Crippen LogP contribution in [-0.2, 0) is 0 Å². The number of nitrogens with one attached hydrogen (secondary N) is 2. The summed E-state index contributed by atoms with van der Waals surface area (Å²) in [5, 5.41) is 14.3. The van der Waals surface area contributed by atoms with Gasteiger partial charge in [-0.15, -0.1) is 45.3 Å². The fourth-order valence-electron chi connectivity index (χ4n) is 2.73. The van der Waals surface area contributed by atoms with Crippen LogP contribution in [0.15, 0.2) is 64.1 Å². The van der Waals surface area contributed by atoms with Crippen molar-refractivity contribution in [1.82, 2.24) is 15.0 Å². The first-order chi connectivity index (χ1) is 15.7. The molecule has 0 unspecified atom stereocenters. The molecule has 5 heterocycles. The number of carbonyl (C=O) groups excluding carboxylic acids is 2. The molecular weight excluding hydrogens is 483 g/mol. The molecule has 0 bridgehead atoms. The molecule has 7 nitrogen and oxygen atoms in total. The Hall–Kier alpha value is -3.25. The topological polar surface area (TPSA) is 96.9 Å². The van der Waals surface area contributed by atoms with E-state index in [2.05, 4.69) is 25.6 Å². The number of aromatic nitrogens is 3. The maximum absolute atomic E-state index is 12.5. The lowest BCUT2D eigenvalue weighted by Crippen LogP contribution is -2.16. The molecule has 0 fully saturated rings. The largest absolute Gasteiger partial charge is 0.298 e. The minimum absolute atomic E-state index is 0.198. The van der Waals surface area contributed by atoms with Gasteiger partial charge in [0.2, 0.25) is 0 Å². The number of thiophene rings is 2. The summed E-state index contributed by atoms with van der Waals surface area (Å²) >= 11 is 5.88. The molecule has 0 aromatic carbocycles. The van der Waals surface area contributed by atoms with Gasteiger partial charge < -0.3 is 0 Å². The van der Waals surface area contributed by atoms with Crippen molar-refractivity contribution in [1.29, 1.82) is 0 Å². The van der Waals surface area contributed by atoms with Gasteiger partial charge in [0.05, 0.1) is 26.7 Å². The first-order valence-electron chi connectivity index (χ1n) is 9.23. The number of pyridine rings is 1. The summed E-state index contributed by atoms with van der Waals surface area (Å²) < 4.78 is 0. The molecule has 5 aromatic rings. The van der Waals surface area contributed by atoms with Crippen molar-refractivity contribution in [3.63, 3.8) is 0 Å². The Balaban J connectivity index is 1.22. The number of nitrogens with zero attached hydrogens (tertiary/aromatic N) is 3. The second kappa shape index (κ2) is 9.09. The molecule has 0 saturated carbocycles. The average molecular weight is 496 g/mol. The standard InChI is InChI=1S/C21H13N5O2S4/c27-18(25-20-23-14(10-31-20)16-3-1-7-29-16)12-5-6-13(22-9-12)19(28)26-21-24-15(11-32-21)17-4-2-8-30-17/h1-11H,(H,23,25,27)(H,24,26,28). The summed E-state index contributed by atoms with van der Waals surface area (Å²) in [7, 11) is 0. The molecule has 0 radical (unpaired) electrons. The molecule has 11 heteroatoms. The third kappa shape index (κ3) is 4.50. The summed E-state index contributed by atoms with van der Waals surface area (Å²) in [6, 6.07) is 10.9. The monoisotopic (exact) mass is 495 g/mol. The second-order valence-electron chi connectivity index (χ2n) is 6.37. The summed E-state index contributed by atoms with van der Waals surface area (Å²) in [5.74, 6) is -0.721. The van der Waals surface area contributed by atoms with Crippen LogP contribution in [0.2, 0.25) is 0 Å². The summed E-state index contributed by atoms with van der Waals surface area (Å²) in [6.45, 7) is 0. The van der Waals surface area contributed by atoms with Gasteiger partial charge in [0.1, 0.15) is 5.69 Å². The van der Waals surface area contributed by atoms with Crippen molar-refractivity contribution in [2.24, 2.45) is 0 Å². The highest BCUT2D eigenvalue weighted by molar-refractivity contribution is 7.16. The zero-order chi connectivity index (χ0) is 21.9. The van der Waals surface area contributed by atoms with E-state index < -0.39 is 0 Å². The van der Waals surface area contributed by atoms with Crippen LogP contribution in [-0.4, -0.2) is 26.8 Å². The Morgan fingerprint density at radius 3 is 1.81 bits per heavy atom. The lowest BCUT2D eigenvalue weighted by atomic mass is 10.2. The molecule has 0 aliphatic heterocycles. The van der Waals surface area contributed by atoms with Crippen molar-refractivity contribution in [2.45, 2.75) is 0 Å². The van der Waals surface area contributed by atoms with Crippen molar-refractivity contribution in [3.05, 3.63) is 75.4 Å². The van der Waals surface area contributed by atoms with Crippen LogP contribution in [0.1, 0.15) is 20.8 Å². The number of hydrogen-bond acceptors (Lipinski definition) is 9. The predicted octanol–water partition coefficient (Wildman–Crippen LogP) is 5.96. The molecular formula is C21H13N5O2S4. The van der Waals surface area contributed by atoms with Gasteiger partial charge in [-0.2, -0.15) is 0 Å². The van der Waals surface area contributed by atoms with Crippen molar-refractivity contribution >= 4 is 67.4 Å². The zero-order valence-corrected chi connectivity index (χ0v) is 19.4. The van der Waals surface area contributed by atoms with Gasteiger partial charge in [-0.1, -0.05) is 12.1 Å². The van der Waals surface area contributed by atoms with E-state index in [-0.39, 0.29) is 17.5 Å². The van der Waals surface area contributed by atoms with Crippen LogP contribution >= 0.6 is 45.3 Å². The van der Waals surface area contributed by atoms with E-state index >= 15 is 0 Å². The van der Waals surface area contributed by atoms with E-state index in [9.17, 15) is 9.59 Å². The van der Waals surface area contributed by atoms with Crippen molar-refractivity contribution < 1.29 is 9.59 Å². The number of carbonyl (C=O) groups is 2. The van der Waals surface area contributed by atoms with E-state index in [1.807, 2.05) is 45.8 Å². The molecule has 0 spiro atoms. The van der Waals surface area contributed by atoms with E-state index in [4.69, 9.17) is 0 Å². The molecule has 32 heavy (non-hydrogen) atoms. The molecule has 5 aromatic heterocycles. The molecule has 0 aliphatic carbocycles. The highest BCUT2D eigenvalue weighted by Crippen LogP contribution is 2.29. The Morgan fingerprint density at radius 1 is 0.719 bits per heavy atom. The molecule has 2 amide bonds. The van der Waals surface area contributed by atoms with Gasteiger partial charge in [0.15, 0.2) is 10.3 Å². The smallest absolute Gasteiger partial charge is 0.276 e. The Morgan fingerprint density at radius 2 is 1.31 bits per heavy atom. The lowest BCUT2D eigenvalue weighted by molar-refractivity contribution is 0.101. The molecule has 5 rings (SSSR count). The minimum Gasteiger partial charge on any atom is -0.298 e. The van der Waals surface area contributed by atoms with Gasteiger partial charge in [0.25, 0.3) is 11.8 Å². The number of anilines is 2. The normalized spacial score (nSPS) is 10.8. The van der Waals surface area contributed by atoms with Crippen LogP contribution in [0.3, 0.4) is 0 Å². The third-order valence-electron chi connectivity index (χ3n) is 4.25. The Bertz CT molecular complexity index is 1250. The molecule has 0 aliphatic rings. The second-order valence-corrected chi connectivity index (χ2v) is 9.98. The fourth-order valence-corrected chi connectivity index (χ4v) is 5.66. The third-order valence-corrected chi connectivity index (χ3v) is 7.56. The van der Waals surface area contributed by atoms with Crippen LogP contribution in [0, 0.1) is 0 Å². The highest BCUT2D eigenvalue weighted by Gasteiger charge is 2.14. The quantitative estimate of drug-likeness (QED) is 0.303. The summed E-state index contributed by atoms with van der Waals surface area (Å²) in [4.78, 5) is 40.1. The SMILES string of the molecule is O=C(Nc1nc(-c2cccs2)cs1)c1ccc(C(=O)Nc2nc(-c3cccs3)cs2)nc1. The van der Waals surface area contributed by atoms with Crippen LogP contribution in [0.4, 0.5) is 10.3 Å². The predicted molar refractivity (Wildman–Crippen MR) is 131 cm³/mol. The number of amides is 2. The number of hydrogen-bond donors (Lipinski definition) is 2. The van der Waals surface area contributed by atoms with Crippen LogP contribution in [0.25, 0.3) is 21.1 Å². The van der Waals surface area contributed by atoms with Gasteiger partial charge in [-0.05, 0) is 35.0 Å². The molecule has 2 N–H and O–H groups in total. The van der Waals surface area contributed by atoms with Gasteiger partial charge in [-0.3, -0.25) is 25.2 Å². The Labute approximate surface area is 198 Å². The maximum atomic E-state index is 12.5. The Kier molecular flexibility index (Phi) is 5.86. The fraction of sp³-hybridized carbons (Fsp3) is 0. The van der Waals surface area contributed by atoms with Gasteiger partial charge in [0, 0.05) is 17.0 Å². The molecule has 158 valence electrons. The van der Waals surface area contributed by atoms with Gasteiger partial charge >= 0.3 is 0 Å². The maximum Gasteiger partial charge on any atom is 0.276 e. The minimum atomic E-state index is -0.385. The van der Waals surface area contributed by atoms with E-state index in [0.29, 0.717) is 15.8 Å². The number of thiazole rings is 2. The highest BCUT2D eigenvalue weighted by atomic mass is 32.1. The van der Waals surface area contributed by atoms with E-state index in [1.165, 1.54) is 34.9 Å². The molecule has 0 atom stereocenters. The van der Waals surface area contributed by atoms with Crippen molar-refractivity contribution in [3.8, 4) is 21.1 Å². The summed E-state index contributed by atoms with van der Waals surface area (Å²) in [5.41, 5.74) is 2.19. The van der Waals surface area contributed by atoms with Crippen LogP contribution < -0.4 is 10.6 Å². The van der Waals surface area contributed by atoms with Crippen LogP contribution in [0.5, 0.6) is 0 Å². The first-order valence-corrected chi connectivity index (χ1v) is 12.7. The van der Waals surface area contributed by atoms with Crippen molar-refractivity contribution in [2.75, 3.05) is 10.6 Å². The van der Waals surface area contributed by atoms with E-state index in [0.717, 1.165) is 21.1 Å². The average Bonchev–Trinajstić information content (AvgIpc) is 3.61. The zero-order valence-electron chi connectivity index (χ0n) is 16.1. The molecule has 0 saturated heterocycles.